The third kappa shape index (κ3) is 3.45. The maximum absolute atomic E-state index is 11.8. The Kier molecular flexibility index (Phi) is 5.45. The second-order valence-electron chi connectivity index (χ2n) is 4.54. The van der Waals surface area contributed by atoms with Gasteiger partial charge in [-0.25, -0.2) is 0 Å². The van der Waals surface area contributed by atoms with Crippen molar-refractivity contribution in [1.29, 1.82) is 0 Å². The largest absolute Gasteiger partial charge is 0.466 e. The van der Waals surface area contributed by atoms with Crippen LogP contribution in [0.1, 0.15) is 46.5 Å². The fourth-order valence-electron chi connectivity index (χ4n) is 2.23. The van der Waals surface area contributed by atoms with Crippen LogP contribution in [0.4, 0.5) is 0 Å². The summed E-state index contributed by atoms with van der Waals surface area (Å²) in [5.41, 5.74) is 0. The van der Waals surface area contributed by atoms with Gasteiger partial charge in [-0.2, -0.15) is 0 Å². The van der Waals surface area contributed by atoms with Crippen LogP contribution in [0.5, 0.6) is 0 Å². The van der Waals surface area contributed by atoms with Crippen LogP contribution in [0.25, 0.3) is 0 Å². The minimum atomic E-state index is -0.417. The number of ether oxygens (including phenoxy) is 2. The van der Waals surface area contributed by atoms with Crippen molar-refractivity contribution in [1.82, 2.24) is 0 Å². The summed E-state index contributed by atoms with van der Waals surface area (Å²) in [6.45, 7) is 5.97. The molecule has 1 heterocycles. The molecule has 17 heavy (non-hydrogen) atoms. The Morgan fingerprint density at radius 1 is 1.35 bits per heavy atom. The number of hydrogen-bond acceptors (Lipinski definition) is 4. The summed E-state index contributed by atoms with van der Waals surface area (Å²) in [6.07, 6.45) is 3.66. The van der Waals surface area contributed by atoms with Crippen molar-refractivity contribution in [2.75, 3.05) is 6.61 Å². The van der Waals surface area contributed by atoms with E-state index in [-0.39, 0.29) is 24.0 Å². The molecule has 0 aromatic heterocycles. The standard InChI is InChI=1S/C13H22O4/c1-4-6-7-8-10-11(13(15)16-5-2)9(3)12(14)17-10/h9-11H,4-8H2,1-3H3/t9-,10-,11-/m0/s1. The topological polar surface area (TPSA) is 52.6 Å². The molecule has 98 valence electrons. The highest BCUT2D eigenvalue weighted by Gasteiger charge is 2.46. The van der Waals surface area contributed by atoms with E-state index >= 15 is 0 Å². The SMILES string of the molecule is CCCCC[C@@H]1OC(=O)[C@@H](C)[C@@H]1C(=O)OCC. The zero-order chi connectivity index (χ0) is 12.8. The van der Waals surface area contributed by atoms with E-state index in [1.807, 2.05) is 0 Å². The molecular formula is C13H22O4. The van der Waals surface area contributed by atoms with Gasteiger partial charge in [0.1, 0.15) is 12.0 Å². The summed E-state index contributed by atoms with van der Waals surface area (Å²) in [5.74, 6) is -1.36. The molecule has 0 N–H and O–H groups in total. The maximum atomic E-state index is 11.8. The van der Waals surface area contributed by atoms with E-state index in [9.17, 15) is 9.59 Å². The first-order valence-electron chi connectivity index (χ1n) is 6.48. The lowest BCUT2D eigenvalue weighted by Gasteiger charge is -2.17. The van der Waals surface area contributed by atoms with E-state index in [2.05, 4.69) is 6.92 Å². The Hall–Kier alpha value is -1.06. The number of esters is 2. The van der Waals surface area contributed by atoms with Crippen molar-refractivity contribution in [3.05, 3.63) is 0 Å². The fourth-order valence-corrected chi connectivity index (χ4v) is 2.23. The van der Waals surface area contributed by atoms with Crippen molar-refractivity contribution >= 4 is 11.9 Å². The minimum absolute atomic E-state index is 0.274. The molecule has 3 atom stereocenters. The molecule has 1 rings (SSSR count). The van der Waals surface area contributed by atoms with Gasteiger partial charge in [0.2, 0.25) is 0 Å². The number of hydrogen-bond donors (Lipinski definition) is 0. The first kappa shape index (κ1) is 14.0. The molecule has 0 saturated carbocycles. The van der Waals surface area contributed by atoms with E-state index in [0.29, 0.717) is 6.61 Å². The van der Waals surface area contributed by atoms with Crippen LogP contribution in [-0.2, 0) is 19.1 Å². The van der Waals surface area contributed by atoms with Crippen LogP contribution in [-0.4, -0.2) is 24.6 Å². The van der Waals surface area contributed by atoms with Crippen LogP contribution >= 0.6 is 0 Å². The van der Waals surface area contributed by atoms with Crippen molar-refractivity contribution in [2.45, 2.75) is 52.6 Å². The van der Waals surface area contributed by atoms with Gasteiger partial charge in [0.15, 0.2) is 0 Å². The Bertz CT molecular complexity index is 275. The molecule has 0 unspecified atom stereocenters. The highest BCUT2D eigenvalue weighted by molar-refractivity contribution is 5.85. The Labute approximate surface area is 103 Å². The van der Waals surface area contributed by atoms with E-state index in [1.54, 1.807) is 13.8 Å². The van der Waals surface area contributed by atoms with Crippen LogP contribution < -0.4 is 0 Å². The lowest BCUT2D eigenvalue weighted by molar-refractivity contribution is -0.151. The molecule has 0 aliphatic carbocycles. The summed E-state index contributed by atoms with van der Waals surface area (Å²) >= 11 is 0. The fraction of sp³-hybridized carbons (Fsp3) is 0.846. The van der Waals surface area contributed by atoms with Gasteiger partial charge >= 0.3 is 11.9 Å². The third-order valence-electron chi connectivity index (χ3n) is 3.23. The Morgan fingerprint density at radius 2 is 2.06 bits per heavy atom. The molecule has 0 aromatic rings. The van der Waals surface area contributed by atoms with Crippen LogP contribution in [0, 0.1) is 11.8 Å². The lowest BCUT2D eigenvalue weighted by Crippen LogP contribution is -2.30. The van der Waals surface area contributed by atoms with E-state index in [4.69, 9.17) is 9.47 Å². The molecule has 1 fully saturated rings. The quantitative estimate of drug-likeness (QED) is 0.530. The van der Waals surface area contributed by atoms with Crippen molar-refractivity contribution in [3.8, 4) is 0 Å². The van der Waals surface area contributed by atoms with Gasteiger partial charge in [-0.15, -0.1) is 0 Å². The molecular weight excluding hydrogens is 220 g/mol. The summed E-state index contributed by atoms with van der Waals surface area (Å²) in [7, 11) is 0. The van der Waals surface area contributed by atoms with E-state index < -0.39 is 5.92 Å². The highest BCUT2D eigenvalue weighted by Crippen LogP contribution is 2.32. The predicted molar refractivity (Wildman–Crippen MR) is 63.3 cm³/mol. The number of cyclic esters (lactones) is 1. The molecule has 0 aromatic carbocycles. The summed E-state index contributed by atoms with van der Waals surface area (Å²) in [6, 6.07) is 0. The van der Waals surface area contributed by atoms with Crippen molar-refractivity contribution in [3.63, 3.8) is 0 Å². The predicted octanol–water partition coefficient (Wildman–Crippen LogP) is 2.31. The molecule has 1 saturated heterocycles. The smallest absolute Gasteiger partial charge is 0.313 e. The van der Waals surface area contributed by atoms with E-state index in [1.165, 1.54) is 0 Å². The number of carbonyl (C=O) groups excluding carboxylic acids is 2. The first-order valence-corrected chi connectivity index (χ1v) is 6.48. The van der Waals surface area contributed by atoms with Gasteiger partial charge in [0, 0.05) is 0 Å². The average molecular weight is 242 g/mol. The van der Waals surface area contributed by atoms with Crippen molar-refractivity contribution in [2.24, 2.45) is 11.8 Å². The average Bonchev–Trinajstić information content (AvgIpc) is 2.56. The molecule has 0 amide bonds. The number of carbonyl (C=O) groups is 2. The molecule has 1 aliphatic heterocycles. The lowest BCUT2D eigenvalue weighted by atomic mass is 9.89. The Balaban J connectivity index is 2.60. The van der Waals surface area contributed by atoms with Gasteiger partial charge in [-0.1, -0.05) is 26.7 Å². The molecule has 4 heteroatoms. The zero-order valence-electron chi connectivity index (χ0n) is 10.9. The summed E-state index contributed by atoms with van der Waals surface area (Å²) < 4.78 is 10.3. The highest BCUT2D eigenvalue weighted by atomic mass is 16.6. The van der Waals surface area contributed by atoms with E-state index in [0.717, 1.165) is 25.7 Å². The van der Waals surface area contributed by atoms with Crippen LogP contribution in [0.3, 0.4) is 0 Å². The number of rotatable bonds is 6. The summed E-state index contributed by atoms with van der Waals surface area (Å²) in [5, 5.41) is 0. The summed E-state index contributed by atoms with van der Waals surface area (Å²) in [4.78, 5) is 23.3. The van der Waals surface area contributed by atoms with Gasteiger partial charge in [0.05, 0.1) is 12.5 Å². The normalized spacial score (nSPS) is 27.9. The Morgan fingerprint density at radius 3 is 2.65 bits per heavy atom. The maximum Gasteiger partial charge on any atom is 0.313 e. The molecule has 0 spiro atoms. The molecule has 1 aliphatic rings. The molecule has 0 bridgehead atoms. The second-order valence-corrected chi connectivity index (χ2v) is 4.54. The van der Waals surface area contributed by atoms with Gasteiger partial charge in [-0.05, 0) is 19.8 Å². The monoisotopic (exact) mass is 242 g/mol. The van der Waals surface area contributed by atoms with Gasteiger partial charge < -0.3 is 9.47 Å². The van der Waals surface area contributed by atoms with Crippen LogP contribution in [0.15, 0.2) is 0 Å². The van der Waals surface area contributed by atoms with Crippen molar-refractivity contribution < 1.29 is 19.1 Å². The van der Waals surface area contributed by atoms with Gasteiger partial charge in [-0.3, -0.25) is 9.59 Å². The minimum Gasteiger partial charge on any atom is -0.466 e. The first-order chi connectivity index (χ1) is 8.11. The number of unbranched alkanes of at least 4 members (excludes halogenated alkanes) is 2. The zero-order valence-corrected chi connectivity index (χ0v) is 10.9. The van der Waals surface area contributed by atoms with Crippen LogP contribution in [0.2, 0.25) is 0 Å². The molecule has 0 radical (unpaired) electrons. The molecule has 4 nitrogen and oxygen atoms in total. The van der Waals surface area contributed by atoms with Gasteiger partial charge in [0.25, 0.3) is 0 Å². The third-order valence-corrected chi connectivity index (χ3v) is 3.23. The second kappa shape index (κ2) is 6.62.